The molecule has 6 aromatic heterocycles. The number of amides is 1. The monoisotopic (exact) mass is 1030 g/mol. The standard InChI is InChI=1S/C30H30F3N5O3.C28H31N5O2/c1-2-22-21-11-12-37(28(21)35-16-34-22)24-14-20(26(39)27(24)40)8-6-17-5-7-19-9-10-25(36-23(19)13-17)38(15-18-3-4-18)29(41)30(31,32)33;1-2-22-21-11-12-33(28(21)31-16-30-22)24-14-20(26(34)27(24)35)8-6-17-5-7-19-9-10-25(32-23(19)13-17)29-15-18-3-4-18/h2,5,7,9-13,16,18,20,24,26-27,39-40H,1,3-4,6,8,14-15H2;2,5,7,9-13,16,18,20,24,26-27,34-35H,1,3-4,6,8,14-15H2,(H,29,32)/t2*20-,24+,26+,27-/m00/s1. The van der Waals surface area contributed by atoms with Gasteiger partial charge in [-0.3, -0.25) is 9.69 Å². The molecule has 5 N–H and O–H groups in total. The van der Waals surface area contributed by atoms with Crippen molar-refractivity contribution < 1.29 is 38.4 Å². The molecule has 18 heteroatoms. The number of fused-ring (bicyclic) bond motifs is 4. The van der Waals surface area contributed by atoms with Crippen LogP contribution >= 0.6 is 0 Å². The molecule has 4 saturated carbocycles. The van der Waals surface area contributed by atoms with E-state index in [0.29, 0.717) is 42.5 Å². The number of hydrogen-bond donors (Lipinski definition) is 5. The first kappa shape index (κ1) is 51.0. The SMILES string of the molecule is C=Cc1ncnc2c1ccn2[C@@H]1C[C@H](CCc2ccc3ccc(N(CC4CC4)C(=O)C(F)(F)F)nc3c2)[C@@H](O)[C@H]1O.C=Cc1ncnc2c1ccn2[C@@H]1C[C@H](CCc2ccc3ccc(NCC4CC4)nc3c2)[C@@H](O)[C@H]1O. The van der Waals surface area contributed by atoms with Crippen LogP contribution in [0.25, 0.3) is 56.0 Å². The van der Waals surface area contributed by atoms with E-state index in [2.05, 4.69) is 73.7 Å². The fourth-order valence-electron chi connectivity index (χ4n) is 11.3. The highest BCUT2D eigenvalue weighted by molar-refractivity contribution is 5.97. The lowest BCUT2D eigenvalue weighted by Crippen LogP contribution is -2.42. The second kappa shape index (κ2) is 21.1. The number of nitrogens with zero attached hydrogens (tertiary/aromatic N) is 9. The summed E-state index contributed by atoms with van der Waals surface area (Å²) in [6.07, 6.45) is 9.89. The van der Waals surface area contributed by atoms with Crippen LogP contribution in [0.5, 0.6) is 0 Å². The number of nitrogens with one attached hydrogen (secondary N) is 1. The zero-order valence-corrected chi connectivity index (χ0v) is 41.9. The Morgan fingerprint density at radius 1 is 0.658 bits per heavy atom. The molecule has 0 bridgehead atoms. The lowest BCUT2D eigenvalue weighted by atomic mass is 9.95. The first-order valence-corrected chi connectivity index (χ1v) is 26.3. The van der Waals surface area contributed by atoms with E-state index in [0.717, 1.165) is 92.8 Å². The van der Waals surface area contributed by atoms with Crippen LogP contribution in [-0.4, -0.2) is 109 Å². The van der Waals surface area contributed by atoms with Crippen molar-refractivity contribution in [2.45, 2.75) is 107 Å². The van der Waals surface area contributed by atoms with Gasteiger partial charge in [-0.15, -0.1) is 0 Å². The van der Waals surface area contributed by atoms with Crippen LogP contribution in [0, 0.1) is 23.7 Å². The molecule has 15 nitrogen and oxygen atoms in total. The Balaban J connectivity index is 0.000000164. The summed E-state index contributed by atoms with van der Waals surface area (Å²) in [6, 6.07) is 22.6. The van der Waals surface area contributed by atoms with Crippen molar-refractivity contribution in [3.63, 3.8) is 0 Å². The average molecular weight is 1040 g/mol. The van der Waals surface area contributed by atoms with Gasteiger partial charge in [0.1, 0.15) is 47.8 Å². The van der Waals surface area contributed by atoms with E-state index in [9.17, 15) is 38.4 Å². The molecule has 0 aliphatic heterocycles. The highest BCUT2D eigenvalue weighted by Crippen LogP contribution is 2.42. The zero-order valence-electron chi connectivity index (χ0n) is 41.9. The lowest BCUT2D eigenvalue weighted by molar-refractivity contribution is -0.170. The van der Waals surface area contributed by atoms with E-state index in [1.807, 2.05) is 51.9 Å². The van der Waals surface area contributed by atoms with E-state index >= 15 is 0 Å². The highest BCUT2D eigenvalue weighted by atomic mass is 19.4. The maximum atomic E-state index is 13.3. The Bertz CT molecular complexity index is 3450. The molecule has 8 aromatic rings. The maximum absolute atomic E-state index is 13.3. The van der Waals surface area contributed by atoms with E-state index in [1.165, 1.54) is 37.1 Å². The van der Waals surface area contributed by atoms with Crippen LogP contribution in [0.4, 0.5) is 24.8 Å². The molecule has 394 valence electrons. The van der Waals surface area contributed by atoms with Crippen LogP contribution in [0.2, 0.25) is 0 Å². The van der Waals surface area contributed by atoms with Gasteiger partial charge in [-0.2, -0.15) is 13.2 Å². The number of rotatable bonds is 16. The fourth-order valence-corrected chi connectivity index (χ4v) is 11.3. The molecule has 0 spiro atoms. The topological polar surface area (TPSA) is 200 Å². The minimum Gasteiger partial charge on any atom is -0.390 e. The number of carbonyl (C=O) groups is 1. The van der Waals surface area contributed by atoms with Gasteiger partial charge in [-0.1, -0.05) is 37.4 Å². The molecule has 0 radical (unpaired) electrons. The Morgan fingerprint density at radius 2 is 1.16 bits per heavy atom. The van der Waals surface area contributed by atoms with Gasteiger partial charge in [0, 0.05) is 47.0 Å². The summed E-state index contributed by atoms with van der Waals surface area (Å²) >= 11 is 0. The van der Waals surface area contributed by atoms with Crippen LogP contribution in [0.15, 0.2) is 111 Å². The third-order valence-corrected chi connectivity index (χ3v) is 16.0. The number of halogens is 3. The second-order valence-electron chi connectivity index (χ2n) is 21.1. The molecule has 76 heavy (non-hydrogen) atoms. The number of benzene rings is 2. The number of carbonyl (C=O) groups excluding carboxylic acids is 1. The van der Waals surface area contributed by atoms with Crippen LogP contribution < -0.4 is 10.2 Å². The normalized spacial score (nSPS) is 23.5. The summed E-state index contributed by atoms with van der Waals surface area (Å²) in [5.74, 6) is -0.298. The Kier molecular flexibility index (Phi) is 14.2. The van der Waals surface area contributed by atoms with E-state index in [-0.39, 0.29) is 42.2 Å². The predicted octanol–water partition coefficient (Wildman–Crippen LogP) is 9.20. The first-order chi connectivity index (χ1) is 36.7. The number of aromatic nitrogens is 8. The summed E-state index contributed by atoms with van der Waals surface area (Å²) < 4.78 is 43.8. The zero-order chi connectivity index (χ0) is 52.8. The smallest absolute Gasteiger partial charge is 0.390 e. The van der Waals surface area contributed by atoms with Crippen LogP contribution in [0.1, 0.15) is 86.0 Å². The number of anilines is 2. The molecular weight excluding hydrogens is 974 g/mol. The van der Waals surface area contributed by atoms with Gasteiger partial charge in [0.2, 0.25) is 0 Å². The van der Waals surface area contributed by atoms with Crippen LogP contribution in [0.3, 0.4) is 0 Å². The molecule has 4 aliphatic carbocycles. The average Bonchev–Trinajstić information content (AvgIpc) is 4.35. The molecule has 0 unspecified atom stereocenters. The van der Waals surface area contributed by atoms with Crippen molar-refractivity contribution in [2.75, 3.05) is 23.3 Å². The van der Waals surface area contributed by atoms with Gasteiger partial charge in [0.25, 0.3) is 0 Å². The maximum Gasteiger partial charge on any atom is 0.471 e. The van der Waals surface area contributed by atoms with Gasteiger partial charge in [-0.25, -0.2) is 29.9 Å². The molecular formula is C58H61F3N10O5. The van der Waals surface area contributed by atoms with Gasteiger partial charge in [0.05, 0.1) is 46.7 Å². The largest absolute Gasteiger partial charge is 0.471 e. The molecule has 12 rings (SSSR count). The number of alkyl halides is 3. The number of aliphatic hydroxyl groups is 4. The minimum atomic E-state index is -4.98. The Labute approximate surface area is 436 Å². The molecule has 4 aliphatic rings. The molecule has 4 fully saturated rings. The van der Waals surface area contributed by atoms with E-state index < -0.39 is 36.5 Å². The van der Waals surface area contributed by atoms with Crippen molar-refractivity contribution >= 4 is 73.6 Å². The molecule has 1 amide bonds. The van der Waals surface area contributed by atoms with Crippen molar-refractivity contribution in [1.29, 1.82) is 0 Å². The van der Waals surface area contributed by atoms with Crippen molar-refractivity contribution in [3.05, 3.63) is 134 Å². The third kappa shape index (κ3) is 10.5. The number of aryl methyl sites for hydroxylation is 2. The number of pyridine rings is 2. The van der Waals surface area contributed by atoms with E-state index in [4.69, 9.17) is 4.98 Å². The van der Waals surface area contributed by atoms with Gasteiger partial charge >= 0.3 is 12.1 Å². The van der Waals surface area contributed by atoms with Crippen LogP contribution in [-0.2, 0) is 17.6 Å². The second-order valence-corrected chi connectivity index (χ2v) is 21.1. The Morgan fingerprint density at radius 3 is 1.66 bits per heavy atom. The summed E-state index contributed by atoms with van der Waals surface area (Å²) in [4.78, 5) is 39.4. The Hall–Kier alpha value is -7.12. The van der Waals surface area contributed by atoms with Crippen molar-refractivity contribution in [2.24, 2.45) is 23.7 Å². The third-order valence-electron chi connectivity index (χ3n) is 16.0. The highest BCUT2D eigenvalue weighted by Gasteiger charge is 2.46. The molecule has 8 atom stereocenters. The molecule has 2 aromatic carbocycles. The molecule has 6 heterocycles. The summed E-state index contributed by atoms with van der Waals surface area (Å²) in [5.41, 5.74) is 6.49. The van der Waals surface area contributed by atoms with Crippen molar-refractivity contribution in [1.82, 2.24) is 39.0 Å². The quantitative estimate of drug-likeness (QED) is 0.0616. The predicted molar refractivity (Wildman–Crippen MR) is 286 cm³/mol. The summed E-state index contributed by atoms with van der Waals surface area (Å²) in [5, 5.41) is 50.6. The molecule has 0 saturated heterocycles. The number of aliphatic hydroxyl groups excluding tert-OH is 4. The van der Waals surface area contributed by atoms with Gasteiger partial charge in [-0.05, 0) is 160 Å². The van der Waals surface area contributed by atoms with Gasteiger partial charge < -0.3 is 34.9 Å². The van der Waals surface area contributed by atoms with Crippen molar-refractivity contribution in [3.8, 4) is 0 Å². The first-order valence-electron chi connectivity index (χ1n) is 26.3. The summed E-state index contributed by atoms with van der Waals surface area (Å²) in [7, 11) is 0. The minimum absolute atomic E-state index is 0.00276. The fraction of sp³-hybridized carbons (Fsp3) is 0.397. The number of hydrogen-bond acceptors (Lipinski definition) is 12. The van der Waals surface area contributed by atoms with E-state index in [1.54, 1.807) is 18.2 Å². The summed E-state index contributed by atoms with van der Waals surface area (Å²) in [6.45, 7) is 8.61. The van der Waals surface area contributed by atoms with Gasteiger partial charge in [0.15, 0.2) is 0 Å². The lowest BCUT2D eigenvalue weighted by Gasteiger charge is -2.23.